The lowest BCUT2D eigenvalue weighted by Gasteiger charge is -2.37. The third kappa shape index (κ3) is 4.34. The molecule has 0 N–H and O–H groups in total. The van der Waals surface area contributed by atoms with E-state index in [1.807, 2.05) is 24.3 Å². The number of hydrogen-bond acceptors (Lipinski definition) is 5. The molecule has 134 valence electrons. The van der Waals surface area contributed by atoms with E-state index in [9.17, 15) is 4.79 Å². The monoisotopic (exact) mass is 335 g/mol. The second-order valence-electron chi connectivity index (χ2n) is 6.75. The molecule has 7 heteroatoms. The third-order valence-corrected chi connectivity index (χ3v) is 5.06. The van der Waals surface area contributed by atoms with Crippen molar-refractivity contribution in [3.63, 3.8) is 0 Å². The minimum absolute atomic E-state index is 0.206. The molecular weight excluding hydrogens is 306 g/mol. The molecule has 1 aromatic rings. The van der Waals surface area contributed by atoms with Gasteiger partial charge in [0, 0.05) is 58.7 Å². The van der Waals surface area contributed by atoms with Crippen molar-refractivity contribution in [2.45, 2.75) is 26.0 Å². The van der Waals surface area contributed by atoms with E-state index in [4.69, 9.17) is 4.74 Å². The molecule has 2 saturated heterocycles. The van der Waals surface area contributed by atoms with E-state index >= 15 is 0 Å². The fourth-order valence-electron chi connectivity index (χ4n) is 3.34. The quantitative estimate of drug-likeness (QED) is 0.768. The van der Waals surface area contributed by atoms with Crippen molar-refractivity contribution in [3.05, 3.63) is 18.2 Å². The van der Waals surface area contributed by atoms with Gasteiger partial charge in [-0.15, -0.1) is 0 Å². The molecule has 24 heavy (non-hydrogen) atoms. The first-order valence-corrected chi connectivity index (χ1v) is 8.96. The van der Waals surface area contributed by atoms with Gasteiger partial charge in [-0.3, -0.25) is 14.6 Å². The van der Waals surface area contributed by atoms with E-state index in [0.29, 0.717) is 13.2 Å². The summed E-state index contributed by atoms with van der Waals surface area (Å²) in [5.41, 5.74) is 0. The second-order valence-corrected chi connectivity index (χ2v) is 6.75. The van der Waals surface area contributed by atoms with Crippen LogP contribution in [-0.4, -0.2) is 88.7 Å². The lowest BCUT2D eigenvalue weighted by atomic mass is 10.2. The number of amides is 1. The largest absolute Gasteiger partial charge is 0.375 e. The molecule has 7 nitrogen and oxygen atoms in total. The van der Waals surface area contributed by atoms with E-state index in [1.54, 1.807) is 0 Å². The normalized spacial score (nSPS) is 23.6. The van der Waals surface area contributed by atoms with Crippen LogP contribution in [0.2, 0.25) is 0 Å². The smallest absolute Gasteiger partial charge is 0.236 e. The number of rotatable bonds is 5. The Morgan fingerprint density at radius 1 is 1.25 bits per heavy atom. The van der Waals surface area contributed by atoms with Crippen molar-refractivity contribution < 1.29 is 9.53 Å². The zero-order chi connectivity index (χ0) is 16.9. The Hall–Kier alpha value is -1.44. The molecule has 1 amide bonds. The Morgan fingerprint density at radius 2 is 2.00 bits per heavy atom. The van der Waals surface area contributed by atoms with E-state index in [-0.39, 0.29) is 12.0 Å². The predicted molar refractivity (Wildman–Crippen MR) is 91.5 cm³/mol. The SMILES string of the molecule is CC[C@H]1CN(C(=O)CN2CCN(Cc3nccn3C)CC2)CCO1. The number of hydrogen-bond donors (Lipinski definition) is 0. The van der Waals surface area contributed by atoms with Gasteiger partial charge >= 0.3 is 0 Å². The highest BCUT2D eigenvalue weighted by Crippen LogP contribution is 2.11. The average Bonchev–Trinajstić information content (AvgIpc) is 3.01. The predicted octanol–water partition coefficient (Wildman–Crippen LogP) is 0.175. The van der Waals surface area contributed by atoms with Crippen LogP contribution in [0.15, 0.2) is 12.4 Å². The first kappa shape index (κ1) is 17.4. The van der Waals surface area contributed by atoms with Crippen molar-refractivity contribution in [1.29, 1.82) is 0 Å². The highest BCUT2D eigenvalue weighted by molar-refractivity contribution is 5.78. The van der Waals surface area contributed by atoms with Crippen LogP contribution in [0.25, 0.3) is 0 Å². The molecule has 2 aliphatic heterocycles. The van der Waals surface area contributed by atoms with Gasteiger partial charge in [-0.25, -0.2) is 4.98 Å². The molecule has 0 aliphatic carbocycles. The van der Waals surface area contributed by atoms with E-state index in [0.717, 1.165) is 58.1 Å². The summed E-state index contributed by atoms with van der Waals surface area (Å²) in [5.74, 6) is 1.34. The summed E-state index contributed by atoms with van der Waals surface area (Å²) >= 11 is 0. The average molecular weight is 335 g/mol. The van der Waals surface area contributed by atoms with Crippen molar-refractivity contribution in [2.75, 3.05) is 52.4 Å². The van der Waals surface area contributed by atoms with Gasteiger partial charge in [0.1, 0.15) is 5.82 Å². The second kappa shape index (κ2) is 8.09. The molecule has 0 bridgehead atoms. The molecule has 0 radical (unpaired) electrons. The summed E-state index contributed by atoms with van der Waals surface area (Å²) < 4.78 is 7.72. The van der Waals surface area contributed by atoms with Gasteiger partial charge in [0.05, 0.1) is 25.8 Å². The van der Waals surface area contributed by atoms with Crippen LogP contribution in [-0.2, 0) is 23.1 Å². The van der Waals surface area contributed by atoms with Gasteiger partial charge in [-0.1, -0.05) is 6.92 Å². The van der Waals surface area contributed by atoms with E-state index in [2.05, 4.69) is 26.3 Å². The molecule has 3 rings (SSSR count). The van der Waals surface area contributed by atoms with Crippen LogP contribution in [0.3, 0.4) is 0 Å². The van der Waals surface area contributed by atoms with E-state index < -0.39 is 0 Å². The number of carbonyl (C=O) groups is 1. The molecule has 1 aromatic heterocycles. The maximum absolute atomic E-state index is 12.5. The van der Waals surface area contributed by atoms with Gasteiger partial charge in [0.2, 0.25) is 5.91 Å². The molecule has 3 heterocycles. The number of ether oxygens (including phenoxy) is 1. The zero-order valence-corrected chi connectivity index (χ0v) is 14.9. The van der Waals surface area contributed by atoms with Crippen molar-refractivity contribution in [1.82, 2.24) is 24.3 Å². The summed E-state index contributed by atoms with van der Waals surface area (Å²) in [7, 11) is 2.03. The highest BCUT2D eigenvalue weighted by Gasteiger charge is 2.26. The highest BCUT2D eigenvalue weighted by atomic mass is 16.5. The molecule has 2 fully saturated rings. The Morgan fingerprint density at radius 3 is 2.67 bits per heavy atom. The summed E-state index contributed by atoms with van der Waals surface area (Å²) in [6.45, 7) is 9.53. The molecule has 2 aliphatic rings. The van der Waals surface area contributed by atoms with Gasteiger partial charge in [0.25, 0.3) is 0 Å². The fraction of sp³-hybridized carbons (Fsp3) is 0.765. The summed E-state index contributed by atoms with van der Waals surface area (Å²) in [5, 5.41) is 0. The number of aryl methyl sites for hydroxylation is 1. The molecular formula is C17H29N5O2. The Bertz CT molecular complexity index is 539. The van der Waals surface area contributed by atoms with Crippen LogP contribution in [0.1, 0.15) is 19.2 Å². The summed E-state index contributed by atoms with van der Waals surface area (Å²) in [6.07, 6.45) is 5.00. The van der Waals surface area contributed by atoms with Gasteiger partial charge in [0.15, 0.2) is 0 Å². The number of carbonyl (C=O) groups excluding carboxylic acids is 1. The molecule has 0 unspecified atom stereocenters. The molecule has 0 spiro atoms. The van der Waals surface area contributed by atoms with Crippen LogP contribution in [0, 0.1) is 0 Å². The Kier molecular flexibility index (Phi) is 5.86. The van der Waals surface area contributed by atoms with Crippen LogP contribution in [0.4, 0.5) is 0 Å². The van der Waals surface area contributed by atoms with Crippen molar-refractivity contribution in [2.24, 2.45) is 7.05 Å². The molecule has 1 atom stereocenters. The number of imidazole rings is 1. The topological polar surface area (TPSA) is 53.8 Å². The van der Waals surface area contributed by atoms with Gasteiger partial charge in [-0.2, -0.15) is 0 Å². The maximum Gasteiger partial charge on any atom is 0.236 e. The number of morpholine rings is 1. The summed E-state index contributed by atoms with van der Waals surface area (Å²) in [4.78, 5) is 23.6. The van der Waals surface area contributed by atoms with Crippen LogP contribution < -0.4 is 0 Å². The van der Waals surface area contributed by atoms with Crippen molar-refractivity contribution in [3.8, 4) is 0 Å². The zero-order valence-electron chi connectivity index (χ0n) is 14.9. The fourth-order valence-corrected chi connectivity index (χ4v) is 3.34. The Balaban J connectivity index is 1.42. The first-order chi connectivity index (χ1) is 11.7. The number of aromatic nitrogens is 2. The number of nitrogens with zero attached hydrogens (tertiary/aromatic N) is 5. The third-order valence-electron chi connectivity index (χ3n) is 5.06. The Labute approximate surface area is 144 Å². The van der Waals surface area contributed by atoms with E-state index in [1.165, 1.54) is 0 Å². The minimum Gasteiger partial charge on any atom is -0.375 e. The van der Waals surface area contributed by atoms with Gasteiger partial charge in [-0.05, 0) is 6.42 Å². The minimum atomic E-state index is 0.206. The first-order valence-electron chi connectivity index (χ1n) is 8.96. The lowest BCUT2D eigenvalue weighted by molar-refractivity contribution is -0.140. The van der Waals surface area contributed by atoms with Crippen molar-refractivity contribution >= 4 is 5.91 Å². The lowest BCUT2D eigenvalue weighted by Crippen LogP contribution is -2.52. The number of piperazine rings is 1. The molecule has 0 aromatic carbocycles. The van der Waals surface area contributed by atoms with Crippen LogP contribution >= 0.6 is 0 Å². The maximum atomic E-state index is 12.5. The molecule has 0 saturated carbocycles. The standard InChI is InChI=1S/C17H29N5O2/c1-3-15-12-22(10-11-24-15)17(23)14-21-8-6-20(7-9-21)13-16-18-4-5-19(16)2/h4-5,15H,3,6-14H2,1-2H3/t15-/m0/s1. The summed E-state index contributed by atoms with van der Waals surface area (Å²) in [6, 6.07) is 0. The van der Waals surface area contributed by atoms with Gasteiger partial charge < -0.3 is 14.2 Å². The van der Waals surface area contributed by atoms with Crippen LogP contribution in [0.5, 0.6) is 0 Å².